The maximum Gasteiger partial charge on any atom is 0.340 e. The minimum atomic E-state index is -0.673. The first-order valence-electron chi connectivity index (χ1n) is 9.18. The van der Waals surface area contributed by atoms with Crippen molar-refractivity contribution in [2.24, 2.45) is 0 Å². The van der Waals surface area contributed by atoms with Gasteiger partial charge in [0, 0.05) is 29.8 Å². The van der Waals surface area contributed by atoms with E-state index in [4.69, 9.17) is 4.74 Å². The fraction of sp³-hybridized carbons (Fsp3) is 0.526. The molecule has 8 heteroatoms. The van der Waals surface area contributed by atoms with Crippen molar-refractivity contribution < 1.29 is 19.6 Å². The van der Waals surface area contributed by atoms with E-state index in [0.29, 0.717) is 28.7 Å². The molecule has 1 heterocycles. The second kappa shape index (κ2) is 8.96. The topological polar surface area (TPSA) is 97.8 Å². The highest BCUT2D eigenvalue weighted by molar-refractivity contribution is 6.06. The highest BCUT2D eigenvalue weighted by Crippen LogP contribution is 2.30. The number of fused-ring (bicyclic) bond motifs is 1. The molecular formula is C19H27N3O5. The first-order valence-corrected chi connectivity index (χ1v) is 9.18. The van der Waals surface area contributed by atoms with Crippen LogP contribution in [0.15, 0.2) is 18.2 Å². The molecule has 0 amide bonds. The second-order valence-corrected chi connectivity index (χ2v) is 6.39. The monoisotopic (exact) mass is 377 g/mol. The molecule has 0 saturated heterocycles. The van der Waals surface area contributed by atoms with E-state index in [1.807, 2.05) is 13.8 Å². The number of hydrogen-bond acceptors (Lipinski definition) is 6. The van der Waals surface area contributed by atoms with Gasteiger partial charge in [-0.3, -0.25) is 10.1 Å². The molecule has 1 unspecified atom stereocenters. The molecule has 0 spiro atoms. The van der Waals surface area contributed by atoms with Gasteiger partial charge in [0.1, 0.15) is 0 Å². The van der Waals surface area contributed by atoms with Gasteiger partial charge >= 0.3 is 5.97 Å². The van der Waals surface area contributed by atoms with E-state index >= 15 is 0 Å². The number of nitro benzene ring substituents is 1. The van der Waals surface area contributed by atoms with Gasteiger partial charge in [0.2, 0.25) is 0 Å². The molecule has 2 rings (SSSR count). The third-order valence-corrected chi connectivity index (χ3v) is 4.76. The lowest BCUT2D eigenvalue weighted by atomic mass is 10.1. The Morgan fingerprint density at radius 3 is 2.56 bits per heavy atom. The standard InChI is InChI=1S/C19H27N3O5/c1-5-20(6-2)11-15(23)12-21-13(4)18(19(24)27-7-3)16-9-8-14(22(25)26)10-17(16)21/h8-10,15,23H,5-7,11-12H2,1-4H3. The number of nitrogens with zero attached hydrogens (tertiary/aromatic N) is 3. The van der Waals surface area contributed by atoms with Gasteiger partial charge in [0.05, 0.1) is 35.3 Å². The van der Waals surface area contributed by atoms with Crippen molar-refractivity contribution in [1.82, 2.24) is 9.47 Å². The zero-order chi connectivity index (χ0) is 20.1. The fourth-order valence-corrected chi connectivity index (χ4v) is 3.32. The van der Waals surface area contributed by atoms with Crippen LogP contribution in [0.2, 0.25) is 0 Å². The summed E-state index contributed by atoms with van der Waals surface area (Å²) >= 11 is 0. The van der Waals surface area contributed by atoms with Gasteiger partial charge in [-0.1, -0.05) is 13.8 Å². The molecule has 2 aromatic rings. The van der Waals surface area contributed by atoms with Crippen LogP contribution in [0.5, 0.6) is 0 Å². The van der Waals surface area contributed by atoms with E-state index < -0.39 is 17.0 Å². The van der Waals surface area contributed by atoms with Gasteiger partial charge in [-0.15, -0.1) is 0 Å². The number of likely N-dealkylation sites (N-methyl/N-ethyl adjacent to an activating group) is 1. The SMILES string of the molecule is CCOC(=O)c1c(C)n(CC(O)CN(CC)CC)c2cc([N+](=O)[O-])ccc12. The molecule has 1 aromatic carbocycles. The van der Waals surface area contributed by atoms with Crippen LogP contribution in [0, 0.1) is 17.0 Å². The summed E-state index contributed by atoms with van der Waals surface area (Å²) in [5.41, 5.74) is 1.50. The summed E-state index contributed by atoms with van der Waals surface area (Å²) in [6.45, 7) is 10.1. The Hall–Kier alpha value is -2.45. The number of aliphatic hydroxyl groups is 1. The molecule has 0 fully saturated rings. The predicted molar refractivity (Wildman–Crippen MR) is 103 cm³/mol. The Bertz CT molecular complexity index is 826. The van der Waals surface area contributed by atoms with Gasteiger partial charge in [-0.25, -0.2) is 4.79 Å². The molecule has 0 aliphatic heterocycles. The number of benzene rings is 1. The number of non-ortho nitro benzene ring substituents is 1. The number of esters is 1. The van der Waals surface area contributed by atoms with Crippen LogP contribution in [-0.4, -0.2) is 57.8 Å². The summed E-state index contributed by atoms with van der Waals surface area (Å²) < 4.78 is 6.92. The average molecular weight is 377 g/mol. The summed E-state index contributed by atoms with van der Waals surface area (Å²) in [7, 11) is 0. The Labute approximate surface area is 158 Å². The highest BCUT2D eigenvalue weighted by Gasteiger charge is 2.24. The van der Waals surface area contributed by atoms with Crippen molar-refractivity contribution in [3.8, 4) is 0 Å². The zero-order valence-corrected chi connectivity index (χ0v) is 16.3. The molecule has 8 nitrogen and oxygen atoms in total. The smallest absolute Gasteiger partial charge is 0.340 e. The normalized spacial score (nSPS) is 12.5. The van der Waals surface area contributed by atoms with Crippen molar-refractivity contribution in [2.45, 2.75) is 40.3 Å². The van der Waals surface area contributed by atoms with E-state index in [9.17, 15) is 20.0 Å². The number of rotatable bonds is 9. The number of nitro groups is 1. The third-order valence-electron chi connectivity index (χ3n) is 4.76. The Kier molecular flexibility index (Phi) is 6.92. The highest BCUT2D eigenvalue weighted by atomic mass is 16.6. The van der Waals surface area contributed by atoms with E-state index in [1.165, 1.54) is 12.1 Å². The lowest BCUT2D eigenvalue weighted by molar-refractivity contribution is -0.384. The van der Waals surface area contributed by atoms with Crippen molar-refractivity contribution in [3.05, 3.63) is 39.6 Å². The number of carbonyl (C=O) groups is 1. The molecular weight excluding hydrogens is 350 g/mol. The van der Waals surface area contributed by atoms with Gasteiger partial charge in [-0.05, 0) is 33.0 Å². The maximum atomic E-state index is 12.4. The van der Waals surface area contributed by atoms with Crippen LogP contribution in [0.3, 0.4) is 0 Å². The maximum absolute atomic E-state index is 12.4. The second-order valence-electron chi connectivity index (χ2n) is 6.39. The van der Waals surface area contributed by atoms with Crippen LogP contribution in [0.1, 0.15) is 36.8 Å². The fourth-order valence-electron chi connectivity index (χ4n) is 3.32. The number of hydrogen-bond donors (Lipinski definition) is 1. The van der Waals surface area contributed by atoms with E-state index in [2.05, 4.69) is 4.90 Å². The molecule has 1 atom stereocenters. The van der Waals surface area contributed by atoms with Crippen molar-refractivity contribution in [3.63, 3.8) is 0 Å². The molecule has 0 aliphatic carbocycles. The molecule has 0 bridgehead atoms. The molecule has 0 radical (unpaired) electrons. The lowest BCUT2D eigenvalue weighted by Crippen LogP contribution is -2.34. The molecule has 0 aliphatic rings. The van der Waals surface area contributed by atoms with E-state index in [-0.39, 0.29) is 18.8 Å². The molecule has 1 N–H and O–H groups in total. The molecule has 1 aromatic heterocycles. The summed E-state index contributed by atoms with van der Waals surface area (Å²) in [4.78, 5) is 25.2. The minimum Gasteiger partial charge on any atom is -0.462 e. The predicted octanol–water partition coefficient (Wildman–Crippen LogP) is 2.74. The Morgan fingerprint density at radius 2 is 2.00 bits per heavy atom. The largest absolute Gasteiger partial charge is 0.462 e. The van der Waals surface area contributed by atoms with Gasteiger partial charge in [0.25, 0.3) is 5.69 Å². The van der Waals surface area contributed by atoms with Crippen LogP contribution >= 0.6 is 0 Å². The van der Waals surface area contributed by atoms with Crippen LogP contribution < -0.4 is 0 Å². The number of aromatic nitrogens is 1. The first kappa shape index (κ1) is 20.9. The van der Waals surface area contributed by atoms with Gasteiger partial charge in [-0.2, -0.15) is 0 Å². The van der Waals surface area contributed by atoms with E-state index in [1.54, 1.807) is 24.5 Å². The molecule has 148 valence electrons. The summed E-state index contributed by atoms with van der Waals surface area (Å²) in [6, 6.07) is 4.39. The Morgan fingerprint density at radius 1 is 1.33 bits per heavy atom. The van der Waals surface area contributed by atoms with Gasteiger partial charge < -0.3 is 19.3 Å². The first-order chi connectivity index (χ1) is 12.8. The molecule has 0 saturated carbocycles. The quantitative estimate of drug-likeness (QED) is 0.410. The van der Waals surface area contributed by atoms with E-state index in [0.717, 1.165) is 13.1 Å². The van der Waals surface area contributed by atoms with Crippen LogP contribution in [-0.2, 0) is 11.3 Å². The van der Waals surface area contributed by atoms with Crippen molar-refractivity contribution in [1.29, 1.82) is 0 Å². The Balaban J connectivity index is 2.52. The zero-order valence-electron chi connectivity index (χ0n) is 16.3. The van der Waals surface area contributed by atoms with Crippen molar-refractivity contribution >= 4 is 22.6 Å². The van der Waals surface area contributed by atoms with Gasteiger partial charge in [0.15, 0.2) is 0 Å². The summed E-state index contributed by atoms with van der Waals surface area (Å²) in [6.07, 6.45) is -0.673. The average Bonchev–Trinajstić information content (AvgIpc) is 2.91. The van der Waals surface area contributed by atoms with Crippen LogP contribution in [0.25, 0.3) is 10.9 Å². The third kappa shape index (κ3) is 4.45. The van der Waals surface area contributed by atoms with Crippen molar-refractivity contribution in [2.75, 3.05) is 26.2 Å². The minimum absolute atomic E-state index is 0.0603. The molecule has 27 heavy (non-hydrogen) atoms. The summed E-state index contributed by atoms with van der Waals surface area (Å²) in [5, 5.41) is 22.3. The number of carbonyl (C=O) groups excluding carboxylic acids is 1. The number of ether oxygens (including phenoxy) is 1. The van der Waals surface area contributed by atoms with Crippen LogP contribution in [0.4, 0.5) is 5.69 Å². The lowest BCUT2D eigenvalue weighted by Gasteiger charge is -2.23. The summed E-state index contributed by atoms with van der Waals surface area (Å²) in [5.74, 6) is -0.467. The number of aliphatic hydroxyl groups excluding tert-OH is 1.